The number of nitrogens with zero attached hydrogens (tertiary/aromatic N) is 1. The van der Waals surface area contributed by atoms with Crippen molar-refractivity contribution < 1.29 is 25.6 Å². The Labute approximate surface area is 87.9 Å². The van der Waals surface area contributed by atoms with E-state index in [1.54, 1.807) is 0 Å². The molecule has 0 aromatic heterocycles. The van der Waals surface area contributed by atoms with Gasteiger partial charge in [-0.25, -0.2) is 9.86 Å². The number of hydrogen-bond donors (Lipinski definition) is 3. The molecule has 1 amide bonds. The van der Waals surface area contributed by atoms with Crippen molar-refractivity contribution >= 4 is 11.9 Å². The zero-order chi connectivity index (χ0) is 11.7. The fraction of sp³-hybridized carbons (Fsp3) is 0.556. The summed E-state index contributed by atoms with van der Waals surface area (Å²) in [4.78, 5) is 21.1. The van der Waals surface area contributed by atoms with Gasteiger partial charge < -0.3 is 10.8 Å². The molecule has 0 saturated heterocycles. The minimum atomic E-state index is -1.21. The topological polar surface area (TPSA) is 105 Å². The predicted molar refractivity (Wildman–Crippen MR) is 51.9 cm³/mol. The van der Waals surface area contributed by atoms with Crippen LogP contribution in [-0.4, -0.2) is 40.3 Å². The third kappa shape index (κ3) is 7.65. The molecule has 15 heavy (non-hydrogen) atoms. The van der Waals surface area contributed by atoms with Crippen molar-refractivity contribution in [1.82, 2.24) is 5.06 Å². The molecule has 5 N–H and O–H groups in total. The van der Waals surface area contributed by atoms with Crippen LogP contribution in [0.3, 0.4) is 0 Å². The summed E-state index contributed by atoms with van der Waals surface area (Å²) in [6, 6.07) is 0. The average molecular weight is 217 g/mol. The number of rotatable bonds is 7. The molecule has 6 nitrogen and oxygen atoms in total. The van der Waals surface area contributed by atoms with E-state index in [1.807, 2.05) is 0 Å². The van der Waals surface area contributed by atoms with Crippen molar-refractivity contribution in [3.8, 4) is 0 Å². The number of amides is 1. The Morgan fingerprint density at radius 1 is 1.20 bits per heavy atom. The third-order valence-electron chi connectivity index (χ3n) is 1.74. The number of carboxylic acids is 1. The Kier molecular flexibility index (Phi) is 7.21. The van der Waals surface area contributed by atoms with Gasteiger partial charge in [0.2, 0.25) is 0 Å². The quantitative estimate of drug-likeness (QED) is 0.226. The molecule has 0 bridgehead atoms. The van der Waals surface area contributed by atoms with Gasteiger partial charge in [-0.3, -0.25) is 10.0 Å². The maximum absolute atomic E-state index is 11.0. The Morgan fingerprint density at radius 2 is 1.87 bits per heavy atom. The maximum atomic E-state index is 11.0. The summed E-state index contributed by atoms with van der Waals surface area (Å²) in [5, 5.41) is 17.9. The molecule has 0 aromatic rings. The standard InChI is InChI=1S/C9H16N2O4/c10-6-2-1-3-7-11(15)8(12)4-5-9(13)14/h4-5,15H,1-3,6-7,10H2,(H,13,14)/p+1/b5-4+. The van der Waals surface area contributed by atoms with Gasteiger partial charge in [0.1, 0.15) is 0 Å². The van der Waals surface area contributed by atoms with Gasteiger partial charge in [-0.15, -0.1) is 0 Å². The van der Waals surface area contributed by atoms with E-state index in [-0.39, 0.29) is 6.54 Å². The van der Waals surface area contributed by atoms with E-state index in [9.17, 15) is 9.59 Å². The number of aliphatic carboxylic acids is 1. The van der Waals surface area contributed by atoms with Crippen molar-refractivity contribution in [1.29, 1.82) is 0 Å². The number of quaternary nitrogens is 1. The molecule has 0 aliphatic heterocycles. The number of unbranched alkanes of at least 4 members (excludes halogenated alkanes) is 2. The smallest absolute Gasteiger partial charge is 0.328 e. The molecular weight excluding hydrogens is 200 g/mol. The van der Waals surface area contributed by atoms with Crippen molar-refractivity contribution in [3.63, 3.8) is 0 Å². The second kappa shape index (κ2) is 7.95. The molecule has 0 rings (SSSR count). The monoisotopic (exact) mass is 217 g/mol. The lowest BCUT2D eigenvalue weighted by Crippen LogP contribution is -2.50. The molecule has 0 fully saturated rings. The molecule has 0 spiro atoms. The summed E-state index contributed by atoms with van der Waals surface area (Å²) >= 11 is 0. The molecule has 0 aliphatic rings. The first-order valence-corrected chi connectivity index (χ1v) is 4.78. The highest BCUT2D eigenvalue weighted by Gasteiger charge is 2.06. The van der Waals surface area contributed by atoms with Crippen LogP contribution in [0.4, 0.5) is 0 Å². The molecule has 0 heterocycles. The minimum absolute atomic E-state index is 0.211. The lowest BCUT2D eigenvalue weighted by Gasteiger charge is -2.11. The fourth-order valence-electron chi connectivity index (χ4n) is 0.954. The first kappa shape index (κ1) is 13.6. The largest absolute Gasteiger partial charge is 0.478 e. The van der Waals surface area contributed by atoms with Crippen molar-refractivity contribution in [2.24, 2.45) is 0 Å². The highest BCUT2D eigenvalue weighted by molar-refractivity contribution is 5.93. The van der Waals surface area contributed by atoms with Crippen LogP contribution in [-0.2, 0) is 9.59 Å². The van der Waals surface area contributed by atoms with E-state index < -0.39 is 11.9 Å². The lowest BCUT2D eigenvalue weighted by molar-refractivity contribution is -0.368. The van der Waals surface area contributed by atoms with Gasteiger partial charge >= 0.3 is 5.97 Å². The molecule has 0 aliphatic carbocycles. The van der Waals surface area contributed by atoms with E-state index in [0.717, 1.165) is 25.5 Å². The normalized spacial score (nSPS) is 10.5. The van der Waals surface area contributed by atoms with Crippen LogP contribution in [0, 0.1) is 0 Å². The Hall–Kier alpha value is -1.40. The predicted octanol–water partition coefficient (Wildman–Crippen LogP) is -0.743. The molecule has 86 valence electrons. The van der Waals surface area contributed by atoms with Gasteiger partial charge in [-0.1, -0.05) is 0 Å². The van der Waals surface area contributed by atoms with Crippen LogP contribution in [0.5, 0.6) is 0 Å². The van der Waals surface area contributed by atoms with E-state index in [0.29, 0.717) is 17.6 Å². The van der Waals surface area contributed by atoms with Crippen molar-refractivity contribution in [2.45, 2.75) is 19.3 Å². The van der Waals surface area contributed by atoms with Crippen LogP contribution in [0.2, 0.25) is 0 Å². The van der Waals surface area contributed by atoms with Gasteiger partial charge in [-0.05, 0) is 19.3 Å². The summed E-state index contributed by atoms with van der Waals surface area (Å²) in [7, 11) is 0. The van der Waals surface area contributed by atoms with Crippen LogP contribution < -0.4 is 5.73 Å². The molecule has 0 saturated carbocycles. The van der Waals surface area contributed by atoms with Crippen LogP contribution in [0.1, 0.15) is 19.3 Å². The SMILES string of the molecule is [NH3+]CCCCCN(O)C(=O)/C=C/C(=O)O. The summed E-state index contributed by atoms with van der Waals surface area (Å²) in [6.07, 6.45) is 4.04. The number of carbonyl (C=O) groups is 2. The molecule has 0 atom stereocenters. The first-order chi connectivity index (χ1) is 7.07. The number of carbonyl (C=O) groups excluding carboxylic acids is 1. The lowest BCUT2D eigenvalue weighted by atomic mass is 10.2. The van der Waals surface area contributed by atoms with E-state index in [1.165, 1.54) is 0 Å². The zero-order valence-electron chi connectivity index (χ0n) is 8.56. The van der Waals surface area contributed by atoms with E-state index >= 15 is 0 Å². The third-order valence-corrected chi connectivity index (χ3v) is 1.74. The fourth-order valence-corrected chi connectivity index (χ4v) is 0.954. The van der Waals surface area contributed by atoms with Gasteiger partial charge in [0.15, 0.2) is 0 Å². The van der Waals surface area contributed by atoms with Gasteiger partial charge in [0.25, 0.3) is 5.91 Å². The van der Waals surface area contributed by atoms with Gasteiger partial charge in [0, 0.05) is 18.7 Å². The number of carboxylic acid groups (broad SMARTS) is 1. The summed E-state index contributed by atoms with van der Waals surface area (Å²) in [5.74, 6) is -1.93. The van der Waals surface area contributed by atoms with Gasteiger partial charge in [-0.2, -0.15) is 0 Å². The molecule has 0 aromatic carbocycles. The molecular formula is C9H17N2O4+. The summed E-state index contributed by atoms with van der Waals surface area (Å²) in [6.45, 7) is 1.04. The molecule has 0 unspecified atom stereocenters. The van der Waals surface area contributed by atoms with Gasteiger partial charge in [0.05, 0.1) is 6.54 Å². The summed E-state index contributed by atoms with van der Waals surface area (Å²) < 4.78 is 0. The second-order valence-corrected chi connectivity index (χ2v) is 3.05. The average Bonchev–Trinajstić information content (AvgIpc) is 2.20. The summed E-state index contributed by atoms with van der Waals surface area (Å²) in [5.41, 5.74) is 3.67. The Bertz CT molecular complexity index is 240. The maximum Gasteiger partial charge on any atom is 0.328 e. The zero-order valence-corrected chi connectivity index (χ0v) is 8.56. The molecule has 0 radical (unpaired) electrons. The Morgan fingerprint density at radius 3 is 2.40 bits per heavy atom. The van der Waals surface area contributed by atoms with Crippen molar-refractivity contribution in [2.75, 3.05) is 13.1 Å². The number of hydroxylamine groups is 2. The highest BCUT2D eigenvalue weighted by Crippen LogP contribution is 1.96. The first-order valence-electron chi connectivity index (χ1n) is 4.78. The van der Waals surface area contributed by atoms with E-state index in [2.05, 4.69) is 5.73 Å². The minimum Gasteiger partial charge on any atom is -0.478 e. The Balaban J connectivity index is 3.74. The van der Waals surface area contributed by atoms with Crippen molar-refractivity contribution in [3.05, 3.63) is 12.2 Å². The van der Waals surface area contributed by atoms with Crippen LogP contribution in [0.15, 0.2) is 12.2 Å². The number of hydrogen-bond acceptors (Lipinski definition) is 3. The molecule has 6 heteroatoms. The van der Waals surface area contributed by atoms with Crippen LogP contribution in [0.25, 0.3) is 0 Å². The van der Waals surface area contributed by atoms with Crippen LogP contribution >= 0.6 is 0 Å². The second-order valence-electron chi connectivity index (χ2n) is 3.05. The van der Waals surface area contributed by atoms with E-state index in [4.69, 9.17) is 10.3 Å². The highest BCUT2D eigenvalue weighted by atomic mass is 16.5.